The number of para-hydroxylation sites is 1. The molecule has 0 heterocycles. The first kappa shape index (κ1) is 21.1. The van der Waals surface area contributed by atoms with Crippen LogP contribution in [0.4, 0.5) is 0 Å². The van der Waals surface area contributed by atoms with Crippen molar-refractivity contribution in [3.05, 3.63) is 89.0 Å². The van der Waals surface area contributed by atoms with Crippen LogP contribution in [0.3, 0.4) is 0 Å². The molecule has 0 unspecified atom stereocenters. The lowest BCUT2D eigenvalue weighted by molar-refractivity contribution is -0.132. The third kappa shape index (κ3) is 5.26. The first-order valence-corrected chi connectivity index (χ1v) is 9.78. The Bertz CT molecular complexity index is 1040. The zero-order valence-corrected chi connectivity index (χ0v) is 17.1. The van der Waals surface area contributed by atoms with Gasteiger partial charge in [0.25, 0.3) is 0 Å². The minimum atomic E-state index is -0.345. The fraction of sp³-hybridized carbons (Fsp3) is 0.200. The number of hydrogen-bond acceptors (Lipinski definition) is 5. The van der Waals surface area contributed by atoms with Crippen molar-refractivity contribution < 1.29 is 24.2 Å². The monoisotopic (exact) mass is 404 g/mol. The van der Waals surface area contributed by atoms with Crippen molar-refractivity contribution in [1.29, 1.82) is 0 Å². The molecule has 0 aliphatic rings. The summed E-state index contributed by atoms with van der Waals surface area (Å²) in [6.07, 6.45) is 1.38. The van der Waals surface area contributed by atoms with Crippen LogP contribution >= 0.6 is 0 Å². The number of esters is 1. The third-order valence-corrected chi connectivity index (χ3v) is 4.65. The summed E-state index contributed by atoms with van der Waals surface area (Å²) < 4.78 is 11.1. The number of carbonyl (C=O) groups excluding carboxylic acids is 2. The average molecular weight is 404 g/mol. The van der Waals surface area contributed by atoms with Gasteiger partial charge in [0.1, 0.15) is 17.2 Å². The standard InChI is InChI=1S/C25H24O5/c1-17-8-6-11-20(25(17)30-18(2)26)12-7-15-29-21-13-14-22(23(27)16-21)24(28)19-9-4-3-5-10-19/h3-6,8-11,13-14,16,27H,7,12,15H2,1-2H3. The number of rotatable bonds is 8. The summed E-state index contributed by atoms with van der Waals surface area (Å²) in [7, 11) is 0. The number of aryl methyl sites for hydroxylation is 2. The molecule has 0 aromatic heterocycles. The molecule has 0 aliphatic heterocycles. The highest BCUT2D eigenvalue weighted by Crippen LogP contribution is 2.27. The molecular formula is C25H24O5. The van der Waals surface area contributed by atoms with Crippen molar-refractivity contribution in [3.63, 3.8) is 0 Å². The maximum Gasteiger partial charge on any atom is 0.308 e. The molecule has 0 saturated heterocycles. The van der Waals surface area contributed by atoms with Crippen LogP contribution in [0.1, 0.15) is 40.4 Å². The molecule has 0 radical (unpaired) electrons. The molecule has 154 valence electrons. The largest absolute Gasteiger partial charge is 0.507 e. The van der Waals surface area contributed by atoms with Crippen LogP contribution in [0.5, 0.6) is 17.2 Å². The molecule has 0 aliphatic carbocycles. The van der Waals surface area contributed by atoms with Gasteiger partial charge in [-0.15, -0.1) is 0 Å². The second-order valence-electron chi connectivity index (χ2n) is 6.98. The maximum absolute atomic E-state index is 12.5. The molecule has 0 spiro atoms. The fourth-order valence-electron chi connectivity index (χ4n) is 3.19. The van der Waals surface area contributed by atoms with Crippen LogP contribution < -0.4 is 9.47 Å². The summed E-state index contributed by atoms with van der Waals surface area (Å²) in [5.41, 5.74) is 2.61. The molecule has 0 saturated carbocycles. The number of phenolic OH excluding ortho intramolecular Hbond substituents is 1. The van der Waals surface area contributed by atoms with Gasteiger partial charge in [-0.1, -0.05) is 48.5 Å². The summed E-state index contributed by atoms with van der Waals surface area (Å²) >= 11 is 0. The number of ketones is 1. The Morgan fingerprint density at radius 1 is 0.967 bits per heavy atom. The van der Waals surface area contributed by atoms with Gasteiger partial charge in [0.2, 0.25) is 0 Å². The Kier molecular flexibility index (Phi) is 6.86. The molecule has 0 fully saturated rings. The van der Waals surface area contributed by atoms with Gasteiger partial charge in [-0.05, 0) is 43.0 Å². The minimum Gasteiger partial charge on any atom is -0.507 e. The van der Waals surface area contributed by atoms with Crippen LogP contribution in [-0.4, -0.2) is 23.5 Å². The van der Waals surface area contributed by atoms with E-state index < -0.39 is 0 Å². The van der Waals surface area contributed by atoms with Gasteiger partial charge in [-0.2, -0.15) is 0 Å². The number of hydrogen-bond donors (Lipinski definition) is 1. The topological polar surface area (TPSA) is 72.8 Å². The van der Waals surface area contributed by atoms with E-state index in [1.807, 2.05) is 31.2 Å². The van der Waals surface area contributed by atoms with Gasteiger partial charge in [-0.25, -0.2) is 0 Å². The average Bonchev–Trinajstić information content (AvgIpc) is 2.73. The van der Waals surface area contributed by atoms with Crippen molar-refractivity contribution >= 4 is 11.8 Å². The molecule has 5 heteroatoms. The number of aromatic hydroxyl groups is 1. The fourth-order valence-corrected chi connectivity index (χ4v) is 3.19. The van der Waals surface area contributed by atoms with E-state index in [1.165, 1.54) is 13.0 Å². The van der Waals surface area contributed by atoms with Crippen molar-refractivity contribution in [2.45, 2.75) is 26.7 Å². The van der Waals surface area contributed by atoms with Crippen molar-refractivity contribution in [1.82, 2.24) is 0 Å². The highest BCUT2D eigenvalue weighted by atomic mass is 16.5. The molecule has 3 aromatic carbocycles. The zero-order valence-electron chi connectivity index (χ0n) is 17.1. The Labute approximate surface area is 175 Å². The number of phenols is 1. The second kappa shape index (κ2) is 9.74. The first-order valence-electron chi connectivity index (χ1n) is 9.78. The summed E-state index contributed by atoms with van der Waals surface area (Å²) in [5.74, 6) is 0.393. The summed E-state index contributed by atoms with van der Waals surface area (Å²) in [6.45, 7) is 3.70. The lowest BCUT2D eigenvalue weighted by Crippen LogP contribution is -2.07. The minimum absolute atomic E-state index is 0.114. The van der Waals surface area contributed by atoms with Gasteiger partial charge in [0.15, 0.2) is 5.78 Å². The van der Waals surface area contributed by atoms with Gasteiger partial charge in [-0.3, -0.25) is 9.59 Å². The van der Waals surface area contributed by atoms with Crippen LogP contribution in [-0.2, 0) is 11.2 Å². The summed E-state index contributed by atoms with van der Waals surface area (Å²) in [5, 5.41) is 10.3. The lowest BCUT2D eigenvalue weighted by Gasteiger charge is -2.12. The Morgan fingerprint density at radius 3 is 2.43 bits per heavy atom. The van der Waals surface area contributed by atoms with Crippen molar-refractivity contribution in [3.8, 4) is 17.2 Å². The molecule has 3 aromatic rings. The molecular weight excluding hydrogens is 380 g/mol. The van der Waals surface area contributed by atoms with E-state index in [9.17, 15) is 14.7 Å². The highest BCUT2D eigenvalue weighted by Gasteiger charge is 2.14. The van der Waals surface area contributed by atoms with E-state index in [4.69, 9.17) is 9.47 Å². The van der Waals surface area contributed by atoms with Crippen molar-refractivity contribution in [2.24, 2.45) is 0 Å². The van der Waals surface area contributed by atoms with Crippen molar-refractivity contribution in [2.75, 3.05) is 6.61 Å². The number of benzene rings is 3. The van der Waals surface area contributed by atoms with E-state index in [-0.39, 0.29) is 23.1 Å². The predicted molar refractivity (Wildman–Crippen MR) is 114 cm³/mol. The van der Waals surface area contributed by atoms with E-state index >= 15 is 0 Å². The van der Waals surface area contributed by atoms with Crippen LogP contribution in [0.2, 0.25) is 0 Å². The molecule has 30 heavy (non-hydrogen) atoms. The SMILES string of the molecule is CC(=O)Oc1c(C)cccc1CCCOc1ccc(C(=O)c2ccccc2)c(O)c1. The van der Waals surface area contributed by atoms with Gasteiger partial charge < -0.3 is 14.6 Å². The Morgan fingerprint density at radius 2 is 1.73 bits per heavy atom. The van der Waals surface area contributed by atoms with E-state index in [2.05, 4.69) is 0 Å². The third-order valence-electron chi connectivity index (χ3n) is 4.65. The van der Waals surface area contributed by atoms with Gasteiger partial charge >= 0.3 is 5.97 Å². The van der Waals surface area contributed by atoms with Crippen LogP contribution in [0, 0.1) is 6.92 Å². The maximum atomic E-state index is 12.5. The lowest BCUT2D eigenvalue weighted by atomic mass is 10.0. The molecule has 0 atom stereocenters. The smallest absolute Gasteiger partial charge is 0.308 e. The Hall–Kier alpha value is -3.60. The van der Waals surface area contributed by atoms with Crippen LogP contribution in [0.15, 0.2) is 66.7 Å². The molecule has 0 amide bonds. The zero-order chi connectivity index (χ0) is 21.5. The molecule has 0 bridgehead atoms. The first-order chi connectivity index (χ1) is 14.5. The Balaban J connectivity index is 1.59. The highest BCUT2D eigenvalue weighted by molar-refractivity contribution is 6.10. The summed E-state index contributed by atoms with van der Waals surface area (Å²) in [4.78, 5) is 23.8. The van der Waals surface area contributed by atoms with E-state index in [1.54, 1.807) is 36.4 Å². The second-order valence-corrected chi connectivity index (χ2v) is 6.98. The number of carbonyl (C=O) groups is 2. The summed E-state index contributed by atoms with van der Waals surface area (Å²) in [6, 6.07) is 19.3. The predicted octanol–water partition coefficient (Wildman–Crippen LogP) is 4.87. The molecule has 1 N–H and O–H groups in total. The number of ether oxygens (including phenoxy) is 2. The van der Waals surface area contributed by atoms with Crippen LogP contribution in [0.25, 0.3) is 0 Å². The van der Waals surface area contributed by atoms with E-state index in [0.29, 0.717) is 36.5 Å². The van der Waals surface area contributed by atoms with E-state index in [0.717, 1.165) is 11.1 Å². The normalized spacial score (nSPS) is 10.5. The molecule has 3 rings (SSSR count). The van der Waals surface area contributed by atoms with Gasteiger partial charge in [0, 0.05) is 18.6 Å². The van der Waals surface area contributed by atoms with Gasteiger partial charge in [0.05, 0.1) is 12.2 Å². The molecule has 5 nitrogen and oxygen atoms in total. The quantitative estimate of drug-likeness (QED) is 0.251.